The first-order valence-corrected chi connectivity index (χ1v) is 13.8. The van der Waals surface area contributed by atoms with Crippen LogP contribution in [0, 0.1) is 12.3 Å². The molecule has 0 fully saturated rings. The summed E-state index contributed by atoms with van der Waals surface area (Å²) in [6.45, 7) is 2.21. The number of carbonyl (C=O) groups is 1. The summed E-state index contributed by atoms with van der Waals surface area (Å²) < 4.78 is 29.3. The molecule has 0 bridgehead atoms. The molecule has 0 saturated carbocycles. The second kappa shape index (κ2) is 10.7. The van der Waals surface area contributed by atoms with Gasteiger partial charge in [0.05, 0.1) is 39.9 Å². The first kappa shape index (κ1) is 26.1. The monoisotopic (exact) mass is 544 g/mol. The lowest BCUT2D eigenvalue weighted by molar-refractivity contribution is -0.119. The van der Waals surface area contributed by atoms with Gasteiger partial charge in [-0.1, -0.05) is 29.8 Å². The number of benzene rings is 3. The topological polar surface area (TPSA) is 172 Å². The van der Waals surface area contributed by atoms with Crippen molar-refractivity contribution in [3.05, 3.63) is 89.5 Å². The van der Waals surface area contributed by atoms with Gasteiger partial charge < -0.3 is 20.6 Å². The SMILES string of the molecule is Cc1ccc(S(=O)(=O)NCC(=O)NCCn2c(Cc3nc4ccc(C(=N)N)cc4[nH]3)nc3ccccc32)cc1. The van der Waals surface area contributed by atoms with Crippen LogP contribution >= 0.6 is 0 Å². The second-order valence-corrected chi connectivity index (χ2v) is 10.9. The lowest BCUT2D eigenvalue weighted by atomic mass is 10.2. The molecule has 0 saturated heterocycles. The van der Waals surface area contributed by atoms with Crippen molar-refractivity contribution in [1.82, 2.24) is 29.6 Å². The predicted octanol–water partition coefficient (Wildman–Crippen LogP) is 2.19. The van der Waals surface area contributed by atoms with Gasteiger partial charge in [0.1, 0.15) is 17.5 Å². The molecule has 2 heterocycles. The number of H-pyrrole nitrogens is 1. The van der Waals surface area contributed by atoms with Crippen molar-refractivity contribution in [3.63, 3.8) is 0 Å². The van der Waals surface area contributed by atoms with Crippen molar-refractivity contribution >= 4 is 43.8 Å². The van der Waals surface area contributed by atoms with Gasteiger partial charge in [0.2, 0.25) is 15.9 Å². The Morgan fingerprint density at radius 1 is 1.05 bits per heavy atom. The summed E-state index contributed by atoms with van der Waals surface area (Å²) in [5.41, 5.74) is 10.4. The number of sulfonamides is 1. The maximum atomic E-state index is 12.5. The Bertz CT molecular complexity index is 1790. The molecule has 0 aliphatic heterocycles. The molecule has 39 heavy (non-hydrogen) atoms. The second-order valence-electron chi connectivity index (χ2n) is 9.16. The number of carbonyl (C=O) groups excluding carboxylic acids is 1. The van der Waals surface area contributed by atoms with E-state index in [1.165, 1.54) is 12.1 Å². The summed E-state index contributed by atoms with van der Waals surface area (Å²) >= 11 is 0. The Labute approximate surface area is 225 Å². The maximum absolute atomic E-state index is 12.5. The van der Waals surface area contributed by atoms with Crippen LogP contribution in [-0.2, 0) is 27.8 Å². The van der Waals surface area contributed by atoms with Crippen molar-refractivity contribution in [2.45, 2.75) is 24.8 Å². The molecule has 3 aromatic carbocycles. The Morgan fingerprint density at radius 3 is 2.59 bits per heavy atom. The van der Waals surface area contributed by atoms with E-state index >= 15 is 0 Å². The largest absolute Gasteiger partial charge is 0.384 e. The molecule has 12 heteroatoms. The van der Waals surface area contributed by atoms with Crippen LogP contribution in [0.25, 0.3) is 22.1 Å². The molecule has 0 aliphatic rings. The summed E-state index contributed by atoms with van der Waals surface area (Å²) in [6, 6.07) is 19.5. The molecule has 11 nitrogen and oxygen atoms in total. The average molecular weight is 545 g/mol. The van der Waals surface area contributed by atoms with E-state index in [0.717, 1.165) is 33.5 Å². The molecule has 6 N–H and O–H groups in total. The highest BCUT2D eigenvalue weighted by Crippen LogP contribution is 2.20. The van der Waals surface area contributed by atoms with Gasteiger partial charge in [-0.2, -0.15) is 0 Å². The Morgan fingerprint density at radius 2 is 1.82 bits per heavy atom. The zero-order valence-electron chi connectivity index (χ0n) is 21.2. The fourth-order valence-corrected chi connectivity index (χ4v) is 5.29. The molecular formula is C27H28N8O3S. The fraction of sp³-hybridized carbons (Fsp3) is 0.185. The van der Waals surface area contributed by atoms with E-state index < -0.39 is 15.9 Å². The number of nitrogen functional groups attached to an aromatic ring is 1. The zero-order valence-corrected chi connectivity index (χ0v) is 22.0. The number of para-hydroxylation sites is 2. The molecule has 0 atom stereocenters. The van der Waals surface area contributed by atoms with Crippen LogP contribution in [0.1, 0.15) is 22.8 Å². The smallest absolute Gasteiger partial charge is 0.241 e. The fourth-order valence-electron chi connectivity index (χ4n) is 4.30. The Hall–Kier alpha value is -4.55. The third-order valence-electron chi connectivity index (χ3n) is 6.31. The van der Waals surface area contributed by atoms with E-state index in [1.54, 1.807) is 24.3 Å². The minimum absolute atomic E-state index is 0.0140. The first-order chi connectivity index (χ1) is 18.7. The number of fused-ring (bicyclic) bond motifs is 2. The van der Waals surface area contributed by atoms with Gasteiger partial charge in [-0.05, 0) is 49.4 Å². The minimum atomic E-state index is -3.78. The number of hydrogen-bond donors (Lipinski definition) is 5. The van der Waals surface area contributed by atoms with Crippen molar-refractivity contribution in [2.24, 2.45) is 5.73 Å². The standard InChI is InChI=1S/C27H28N8O3S/c1-17-6-9-19(10-7-17)39(37,38)31-16-26(36)30-12-13-35-23-5-3-2-4-21(23)34-25(35)15-24-32-20-11-8-18(27(28)29)14-22(20)33-24/h2-11,14,31H,12-13,15-16H2,1H3,(H3,28,29)(H,30,36)(H,32,33). The number of rotatable bonds is 10. The van der Waals surface area contributed by atoms with Crippen LogP contribution in [0.3, 0.4) is 0 Å². The number of aromatic nitrogens is 4. The summed E-state index contributed by atoms with van der Waals surface area (Å²) in [7, 11) is -3.78. The van der Waals surface area contributed by atoms with E-state index in [4.69, 9.17) is 16.1 Å². The zero-order chi connectivity index (χ0) is 27.6. The summed E-state index contributed by atoms with van der Waals surface area (Å²) in [5.74, 6) is 1.02. The number of nitrogens with two attached hydrogens (primary N) is 1. The molecule has 5 aromatic rings. The van der Waals surface area contributed by atoms with Gasteiger partial charge in [-0.3, -0.25) is 10.2 Å². The first-order valence-electron chi connectivity index (χ1n) is 12.3. The van der Waals surface area contributed by atoms with Gasteiger partial charge in [0.25, 0.3) is 0 Å². The van der Waals surface area contributed by atoms with Gasteiger partial charge in [-0.25, -0.2) is 23.1 Å². The average Bonchev–Trinajstić information content (AvgIpc) is 3.47. The van der Waals surface area contributed by atoms with Crippen LogP contribution in [-0.4, -0.2) is 52.8 Å². The molecule has 1 amide bonds. The number of amidine groups is 1. The maximum Gasteiger partial charge on any atom is 0.241 e. The van der Waals surface area contributed by atoms with Crippen LogP contribution < -0.4 is 15.8 Å². The molecule has 2 aromatic heterocycles. The van der Waals surface area contributed by atoms with E-state index in [9.17, 15) is 13.2 Å². The van der Waals surface area contributed by atoms with Crippen LogP contribution in [0.4, 0.5) is 0 Å². The molecule has 0 radical (unpaired) electrons. The normalized spacial score (nSPS) is 11.7. The van der Waals surface area contributed by atoms with Gasteiger partial charge in [0, 0.05) is 18.7 Å². The van der Waals surface area contributed by atoms with Crippen LogP contribution in [0.5, 0.6) is 0 Å². The quantitative estimate of drug-likeness (QED) is 0.133. The van der Waals surface area contributed by atoms with Crippen molar-refractivity contribution < 1.29 is 13.2 Å². The Balaban J connectivity index is 1.26. The number of nitrogens with zero attached hydrogens (tertiary/aromatic N) is 3. The number of imidazole rings is 2. The number of hydrogen-bond acceptors (Lipinski definition) is 6. The number of aromatic amines is 1. The van der Waals surface area contributed by atoms with E-state index in [2.05, 4.69) is 20.0 Å². The van der Waals surface area contributed by atoms with Gasteiger partial charge in [-0.15, -0.1) is 0 Å². The highest BCUT2D eigenvalue weighted by Gasteiger charge is 2.16. The molecular weight excluding hydrogens is 516 g/mol. The summed E-state index contributed by atoms with van der Waals surface area (Å²) in [5, 5.41) is 10.4. The highest BCUT2D eigenvalue weighted by molar-refractivity contribution is 7.89. The molecule has 0 aliphatic carbocycles. The third kappa shape index (κ3) is 5.81. The van der Waals surface area contributed by atoms with Crippen molar-refractivity contribution in [1.29, 1.82) is 5.41 Å². The predicted molar refractivity (Wildman–Crippen MR) is 149 cm³/mol. The minimum Gasteiger partial charge on any atom is -0.384 e. The van der Waals surface area contributed by atoms with Crippen LogP contribution in [0.15, 0.2) is 71.6 Å². The van der Waals surface area contributed by atoms with Gasteiger partial charge >= 0.3 is 0 Å². The van der Waals surface area contributed by atoms with Crippen molar-refractivity contribution in [3.8, 4) is 0 Å². The van der Waals surface area contributed by atoms with Crippen molar-refractivity contribution in [2.75, 3.05) is 13.1 Å². The van der Waals surface area contributed by atoms with E-state index in [0.29, 0.717) is 24.4 Å². The van der Waals surface area contributed by atoms with Gasteiger partial charge in [0.15, 0.2) is 0 Å². The van der Waals surface area contributed by atoms with Crippen LogP contribution in [0.2, 0.25) is 0 Å². The lowest BCUT2D eigenvalue weighted by Crippen LogP contribution is -2.38. The molecule has 0 spiro atoms. The summed E-state index contributed by atoms with van der Waals surface area (Å²) in [4.78, 5) is 25.2. The third-order valence-corrected chi connectivity index (χ3v) is 7.73. The number of amides is 1. The highest BCUT2D eigenvalue weighted by atomic mass is 32.2. The molecule has 200 valence electrons. The molecule has 5 rings (SSSR count). The number of nitrogens with one attached hydrogen (secondary N) is 4. The number of aryl methyl sites for hydroxylation is 1. The van der Waals surface area contributed by atoms with E-state index in [-0.39, 0.29) is 23.8 Å². The molecule has 0 unspecified atom stereocenters. The Kier molecular flexibility index (Phi) is 7.13. The lowest BCUT2D eigenvalue weighted by Gasteiger charge is -2.11. The van der Waals surface area contributed by atoms with E-state index in [1.807, 2.05) is 41.8 Å². The summed E-state index contributed by atoms with van der Waals surface area (Å²) in [6.07, 6.45) is 0.420.